The smallest absolute Gasteiger partial charge is 0.108 e. The van der Waals surface area contributed by atoms with Gasteiger partial charge in [-0.05, 0) is 13.5 Å². The lowest BCUT2D eigenvalue weighted by atomic mass is 10.0. The molecule has 6 nitrogen and oxygen atoms in total. The molecule has 2 heterocycles. The van der Waals surface area contributed by atoms with Gasteiger partial charge in [0, 0.05) is 32.0 Å². The third-order valence-corrected chi connectivity index (χ3v) is 4.08. The van der Waals surface area contributed by atoms with E-state index in [1.165, 1.54) is 6.42 Å². The summed E-state index contributed by atoms with van der Waals surface area (Å²) < 4.78 is 10.8. The maximum absolute atomic E-state index is 10.3. The van der Waals surface area contributed by atoms with E-state index in [1.54, 1.807) is 7.11 Å². The standard InChI is InChI=1S/C15H27N3O3/c1-4-5-6-14-16-7-11(17-14)8-18(2)12-9-21-10-13(20-3)15(12)19/h7,12-13,15,19H,4-6,8-10H2,1-3H3,(H,16,17)/t12-,13-,15+/m1/s1. The van der Waals surface area contributed by atoms with Gasteiger partial charge >= 0.3 is 0 Å². The van der Waals surface area contributed by atoms with Crippen LogP contribution in [0.4, 0.5) is 0 Å². The van der Waals surface area contributed by atoms with Crippen molar-refractivity contribution in [2.75, 3.05) is 27.4 Å². The molecule has 1 aromatic heterocycles. The van der Waals surface area contributed by atoms with E-state index in [0.29, 0.717) is 19.8 Å². The minimum atomic E-state index is -0.531. The van der Waals surface area contributed by atoms with Crippen molar-refractivity contribution < 1.29 is 14.6 Å². The monoisotopic (exact) mass is 297 g/mol. The maximum Gasteiger partial charge on any atom is 0.108 e. The van der Waals surface area contributed by atoms with Gasteiger partial charge in [-0.15, -0.1) is 0 Å². The lowest BCUT2D eigenvalue weighted by molar-refractivity contribution is -0.142. The quantitative estimate of drug-likeness (QED) is 0.784. The normalized spacial score (nSPS) is 26.4. The van der Waals surface area contributed by atoms with E-state index in [4.69, 9.17) is 9.47 Å². The molecular formula is C15H27N3O3. The van der Waals surface area contributed by atoms with Crippen LogP contribution in [0.5, 0.6) is 0 Å². The third kappa shape index (κ3) is 4.26. The number of imidazole rings is 1. The summed E-state index contributed by atoms with van der Waals surface area (Å²) in [6, 6.07) is -0.0638. The Labute approximate surface area is 126 Å². The molecule has 0 unspecified atom stereocenters. The molecule has 0 spiro atoms. The number of aromatic nitrogens is 2. The Kier molecular flexibility index (Phi) is 6.17. The molecule has 120 valence electrons. The second kappa shape index (κ2) is 7.89. The second-order valence-corrected chi connectivity index (χ2v) is 5.74. The van der Waals surface area contributed by atoms with Gasteiger partial charge in [0.25, 0.3) is 0 Å². The molecular weight excluding hydrogens is 270 g/mol. The average molecular weight is 297 g/mol. The van der Waals surface area contributed by atoms with Crippen LogP contribution in [-0.2, 0) is 22.4 Å². The number of likely N-dealkylation sites (N-methyl/N-ethyl adjacent to an activating group) is 1. The molecule has 1 aliphatic rings. The number of methoxy groups -OCH3 is 1. The van der Waals surface area contributed by atoms with Gasteiger partial charge in [-0.25, -0.2) is 4.98 Å². The van der Waals surface area contributed by atoms with Crippen molar-refractivity contribution in [1.82, 2.24) is 14.9 Å². The van der Waals surface area contributed by atoms with Crippen molar-refractivity contribution in [3.63, 3.8) is 0 Å². The summed E-state index contributed by atoms with van der Waals surface area (Å²) in [6.45, 7) is 3.86. The van der Waals surface area contributed by atoms with Crippen molar-refractivity contribution in [3.8, 4) is 0 Å². The number of aromatic amines is 1. The predicted molar refractivity (Wildman–Crippen MR) is 80.1 cm³/mol. The Hall–Kier alpha value is -0.950. The molecule has 0 saturated carbocycles. The van der Waals surface area contributed by atoms with Crippen LogP contribution in [0.1, 0.15) is 31.3 Å². The first-order valence-corrected chi connectivity index (χ1v) is 7.67. The summed E-state index contributed by atoms with van der Waals surface area (Å²) in [5.74, 6) is 1.04. The predicted octanol–water partition coefficient (Wildman–Crippen LogP) is 0.959. The fourth-order valence-corrected chi connectivity index (χ4v) is 2.69. The molecule has 0 radical (unpaired) electrons. The van der Waals surface area contributed by atoms with Gasteiger partial charge in [0.05, 0.1) is 19.3 Å². The summed E-state index contributed by atoms with van der Waals surface area (Å²) in [5.41, 5.74) is 1.07. The minimum absolute atomic E-state index is 0.0638. The highest BCUT2D eigenvalue weighted by Crippen LogP contribution is 2.17. The number of ether oxygens (including phenoxy) is 2. The lowest BCUT2D eigenvalue weighted by Crippen LogP contribution is -2.55. The lowest BCUT2D eigenvalue weighted by Gasteiger charge is -2.38. The SMILES string of the molecule is CCCCc1ncc(CN(C)[C@@H]2COC[C@@H](OC)[C@H]2O)[nH]1. The van der Waals surface area contributed by atoms with E-state index in [2.05, 4.69) is 21.8 Å². The molecule has 0 aliphatic carbocycles. The second-order valence-electron chi connectivity index (χ2n) is 5.74. The summed E-state index contributed by atoms with van der Waals surface area (Å²) in [4.78, 5) is 9.84. The van der Waals surface area contributed by atoms with E-state index in [9.17, 15) is 5.11 Å². The molecule has 0 amide bonds. The molecule has 21 heavy (non-hydrogen) atoms. The Balaban J connectivity index is 1.90. The molecule has 1 aromatic rings. The summed E-state index contributed by atoms with van der Waals surface area (Å²) in [5, 5.41) is 10.3. The van der Waals surface area contributed by atoms with Crippen molar-refractivity contribution in [2.45, 2.75) is 51.0 Å². The zero-order valence-corrected chi connectivity index (χ0v) is 13.2. The number of aliphatic hydroxyl groups is 1. The fourth-order valence-electron chi connectivity index (χ4n) is 2.69. The number of aliphatic hydroxyl groups excluding tert-OH is 1. The van der Waals surface area contributed by atoms with Crippen molar-refractivity contribution >= 4 is 0 Å². The van der Waals surface area contributed by atoms with Crippen LogP contribution < -0.4 is 0 Å². The van der Waals surface area contributed by atoms with E-state index >= 15 is 0 Å². The van der Waals surface area contributed by atoms with E-state index in [0.717, 1.165) is 24.4 Å². The summed E-state index contributed by atoms with van der Waals surface area (Å²) in [6.07, 6.45) is 4.39. The van der Waals surface area contributed by atoms with Gasteiger partial charge in [0.15, 0.2) is 0 Å². The third-order valence-electron chi connectivity index (χ3n) is 4.08. The Morgan fingerprint density at radius 1 is 1.52 bits per heavy atom. The zero-order valence-electron chi connectivity index (χ0n) is 13.2. The van der Waals surface area contributed by atoms with Gasteiger partial charge < -0.3 is 19.6 Å². The van der Waals surface area contributed by atoms with E-state index in [-0.39, 0.29) is 12.1 Å². The molecule has 1 aliphatic heterocycles. The number of hydrogen-bond acceptors (Lipinski definition) is 5. The van der Waals surface area contributed by atoms with Gasteiger partial charge in [-0.2, -0.15) is 0 Å². The summed E-state index contributed by atoms with van der Waals surface area (Å²) in [7, 11) is 3.59. The molecule has 2 N–H and O–H groups in total. The molecule has 0 aromatic carbocycles. The zero-order chi connectivity index (χ0) is 15.2. The molecule has 1 fully saturated rings. The number of aryl methyl sites for hydroxylation is 1. The highest BCUT2D eigenvalue weighted by atomic mass is 16.5. The summed E-state index contributed by atoms with van der Waals surface area (Å²) >= 11 is 0. The largest absolute Gasteiger partial charge is 0.389 e. The molecule has 1 saturated heterocycles. The van der Waals surface area contributed by atoms with Gasteiger partial charge in [-0.3, -0.25) is 4.90 Å². The van der Waals surface area contributed by atoms with E-state index < -0.39 is 6.10 Å². The molecule has 3 atom stereocenters. The van der Waals surface area contributed by atoms with Crippen LogP contribution in [-0.4, -0.2) is 65.6 Å². The van der Waals surface area contributed by atoms with Crippen LogP contribution in [0, 0.1) is 0 Å². The Morgan fingerprint density at radius 3 is 3.05 bits per heavy atom. The van der Waals surface area contributed by atoms with Gasteiger partial charge in [0.1, 0.15) is 18.0 Å². The number of rotatable bonds is 7. The number of unbranched alkanes of at least 4 members (excludes halogenated alkanes) is 1. The first-order chi connectivity index (χ1) is 10.2. The highest BCUT2D eigenvalue weighted by Gasteiger charge is 2.35. The van der Waals surface area contributed by atoms with Crippen molar-refractivity contribution in [3.05, 3.63) is 17.7 Å². The molecule has 0 bridgehead atoms. The van der Waals surface area contributed by atoms with Gasteiger partial charge in [0.2, 0.25) is 0 Å². The number of nitrogens with one attached hydrogen (secondary N) is 1. The topological polar surface area (TPSA) is 70.6 Å². The Morgan fingerprint density at radius 2 is 2.33 bits per heavy atom. The fraction of sp³-hybridized carbons (Fsp3) is 0.800. The van der Waals surface area contributed by atoms with Crippen LogP contribution in [0.25, 0.3) is 0 Å². The van der Waals surface area contributed by atoms with Crippen molar-refractivity contribution in [1.29, 1.82) is 0 Å². The van der Waals surface area contributed by atoms with E-state index in [1.807, 2.05) is 13.2 Å². The molecule has 6 heteroatoms. The van der Waals surface area contributed by atoms with Crippen molar-refractivity contribution in [2.24, 2.45) is 0 Å². The van der Waals surface area contributed by atoms with Gasteiger partial charge in [-0.1, -0.05) is 13.3 Å². The van der Waals surface area contributed by atoms with Crippen LogP contribution in [0.2, 0.25) is 0 Å². The van der Waals surface area contributed by atoms with Crippen LogP contribution in [0.3, 0.4) is 0 Å². The van der Waals surface area contributed by atoms with Crippen LogP contribution >= 0.6 is 0 Å². The first-order valence-electron chi connectivity index (χ1n) is 7.67. The average Bonchev–Trinajstić information content (AvgIpc) is 2.92. The molecule has 2 rings (SSSR count). The first kappa shape index (κ1) is 16.4. The Bertz CT molecular complexity index is 424. The van der Waals surface area contributed by atoms with Crippen LogP contribution in [0.15, 0.2) is 6.20 Å². The number of hydrogen-bond donors (Lipinski definition) is 2. The number of nitrogens with zero attached hydrogens (tertiary/aromatic N) is 2. The highest BCUT2D eigenvalue weighted by molar-refractivity contribution is 5.02. The number of H-pyrrole nitrogens is 1. The maximum atomic E-state index is 10.3. The minimum Gasteiger partial charge on any atom is -0.389 e.